The van der Waals surface area contributed by atoms with Crippen molar-refractivity contribution in [3.63, 3.8) is 0 Å². The second-order valence-electron chi connectivity index (χ2n) is 7.04. The average molecular weight is 289 g/mol. The third-order valence-electron chi connectivity index (χ3n) is 4.57. The van der Waals surface area contributed by atoms with Gasteiger partial charge in [0.15, 0.2) is 0 Å². The Morgan fingerprint density at radius 3 is 2.38 bits per heavy atom. The van der Waals surface area contributed by atoms with Gasteiger partial charge >= 0.3 is 0 Å². The standard InChI is InChI=1S/C19H31NO/c1-14(2)13-16-9-11-17(12-10-16)15(3)20-18-7-5-4-6-8-19(18)21/h9-12,14-15,18-21H,4-8,13H2,1-3H3. The molecule has 1 aromatic carbocycles. The maximum Gasteiger partial charge on any atom is 0.0693 e. The number of hydrogen-bond acceptors (Lipinski definition) is 2. The van der Waals surface area contributed by atoms with Crippen molar-refractivity contribution in [3.05, 3.63) is 35.4 Å². The molecule has 2 heteroatoms. The molecule has 0 saturated heterocycles. The molecule has 118 valence electrons. The Labute approximate surface area is 130 Å². The number of benzene rings is 1. The minimum atomic E-state index is -0.185. The molecule has 3 unspecified atom stereocenters. The third-order valence-corrected chi connectivity index (χ3v) is 4.57. The summed E-state index contributed by atoms with van der Waals surface area (Å²) in [6.07, 6.45) is 6.65. The van der Waals surface area contributed by atoms with E-state index in [2.05, 4.69) is 50.4 Å². The third kappa shape index (κ3) is 5.12. The molecule has 0 amide bonds. The Morgan fingerprint density at radius 1 is 1.05 bits per heavy atom. The topological polar surface area (TPSA) is 32.3 Å². The smallest absolute Gasteiger partial charge is 0.0693 e. The van der Waals surface area contributed by atoms with Crippen LogP contribution in [0.15, 0.2) is 24.3 Å². The van der Waals surface area contributed by atoms with E-state index in [-0.39, 0.29) is 12.1 Å². The molecule has 1 saturated carbocycles. The van der Waals surface area contributed by atoms with Crippen LogP contribution >= 0.6 is 0 Å². The lowest BCUT2D eigenvalue weighted by molar-refractivity contribution is 0.115. The van der Waals surface area contributed by atoms with E-state index >= 15 is 0 Å². The molecule has 2 rings (SSSR count). The highest BCUT2D eigenvalue weighted by atomic mass is 16.3. The molecule has 1 aromatic rings. The molecule has 1 aliphatic carbocycles. The van der Waals surface area contributed by atoms with Gasteiger partial charge in [0.2, 0.25) is 0 Å². The van der Waals surface area contributed by atoms with Gasteiger partial charge < -0.3 is 10.4 Å². The van der Waals surface area contributed by atoms with E-state index in [0.29, 0.717) is 12.0 Å². The lowest BCUT2D eigenvalue weighted by Crippen LogP contribution is -2.40. The molecule has 21 heavy (non-hydrogen) atoms. The van der Waals surface area contributed by atoms with Crippen molar-refractivity contribution < 1.29 is 5.11 Å². The fourth-order valence-corrected chi connectivity index (χ4v) is 3.31. The molecule has 0 heterocycles. The van der Waals surface area contributed by atoms with Crippen molar-refractivity contribution in [2.24, 2.45) is 5.92 Å². The van der Waals surface area contributed by atoms with Crippen LogP contribution in [0.5, 0.6) is 0 Å². The number of aliphatic hydroxyl groups is 1. The number of rotatable bonds is 5. The van der Waals surface area contributed by atoms with Gasteiger partial charge in [0.1, 0.15) is 0 Å². The first-order chi connectivity index (χ1) is 10.1. The van der Waals surface area contributed by atoms with Gasteiger partial charge in [-0.15, -0.1) is 0 Å². The highest BCUT2D eigenvalue weighted by molar-refractivity contribution is 5.25. The number of hydrogen-bond donors (Lipinski definition) is 2. The first-order valence-electron chi connectivity index (χ1n) is 8.59. The number of nitrogens with one attached hydrogen (secondary N) is 1. The van der Waals surface area contributed by atoms with E-state index in [1.165, 1.54) is 24.0 Å². The van der Waals surface area contributed by atoms with E-state index in [0.717, 1.165) is 25.7 Å². The molecule has 1 fully saturated rings. The van der Waals surface area contributed by atoms with Crippen molar-refractivity contribution in [1.29, 1.82) is 0 Å². The van der Waals surface area contributed by atoms with Crippen LogP contribution in [0.4, 0.5) is 0 Å². The van der Waals surface area contributed by atoms with Gasteiger partial charge in [-0.05, 0) is 43.2 Å². The van der Waals surface area contributed by atoms with Crippen LogP contribution in [0.3, 0.4) is 0 Å². The normalized spacial score (nSPS) is 24.8. The van der Waals surface area contributed by atoms with Gasteiger partial charge in [-0.1, -0.05) is 57.4 Å². The maximum absolute atomic E-state index is 10.2. The molecule has 3 atom stereocenters. The van der Waals surface area contributed by atoms with Crippen LogP contribution in [-0.4, -0.2) is 17.3 Å². The van der Waals surface area contributed by atoms with Gasteiger partial charge in [-0.3, -0.25) is 0 Å². The Kier molecular flexibility index (Phi) is 6.25. The SMILES string of the molecule is CC(C)Cc1ccc(C(C)NC2CCCCCC2O)cc1. The zero-order valence-corrected chi connectivity index (χ0v) is 13.8. The molecule has 0 aromatic heterocycles. The van der Waals surface area contributed by atoms with Crippen molar-refractivity contribution >= 4 is 0 Å². The number of aliphatic hydroxyl groups excluding tert-OH is 1. The van der Waals surface area contributed by atoms with Gasteiger partial charge in [-0.25, -0.2) is 0 Å². The van der Waals surface area contributed by atoms with E-state index in [1.54, 1.807) is 0 Å². The second-order valence-corrected chi connectivity index (χ2v) is 7.04. The Hall–Kier alpha value is -0.860. The molecular formula is C19H31NO. The van der Waals surface area contributed by atoms with Crippen LogP contribution in [-0.2, 0) is 6.42 Å². The molecule has 1 aliphatic rings. The van der Waals surface area contributed by atoms with E-state index < -0.39 is 0 Å². The fourth-order valence-electron chi connectivity index (χ4n) is 3.31. The lowest BCUT2D eigenvalue weighted by Gasteiger charge is -2.26. The second kappa shape index (κ2) is 7.95. The molecule has 0 radical (unpaired) electrons. The molecule has 0 bridgehead atoms. The lowest BCUT2D eigenvalue weighted by atomic mass is 9.98. The maximum atomic E-state index is 10.2. The fraction of sp³-hybridized carbons (Fsp3) is 0.684. The van der Waals surface area contributed by atoms with Crippen molar-refractivity contribution in [2.45, 2.75) is 77.5 Å². The largest absolute Gasteiger partial charge is 0.392 e. The Bertz CT molecular complexity index is 412. The predicted molar refractivity (Wildman–Crippen MR) is 89.4 cm³/mol. The summed E-state index contributed by atoms with van der Waals surface area (Å²) < 4.78 is 0. The summed E-state index contributed by atoms with van der Waals surface area (Å²) in [7, 11) is 0. The Morgan fingerprint density at radius 2 is 1.71 bits per heavy atom. The quantitative estimate of drug-likeness (QED) is 0.795. The summed E-state index contributed by atoms with van der Waals surface area (Å²) in [5.74, 6) is 0.701. The summed E-state index contributed by atoms with van der Waals surface area (Å²) in [5.41, 5.74) is 2.73. The monoisotopic (exact) mass is 289 g/mol. The first kappa shape index (κ1) is 16.5. The molecule has 2 N–H and O–H groups in total. The van der Waals surface area contributed by atoms with Crippen LogP contribution in [0, 0.1) is 5.92 Å². The van der Waals surface area contributed by atoms with Crippen molar-refractivity contribution in [1.82, 2.24) is 5.32 Å². The minimum Gasteiger partial charge on any atom is -0.392 e. The zero-order chi connectivity index (χ0) is 15.2. The van der Waals surface area contributed by atoms with E-state index in [9.17, 15) is 5.11 Å². The molecule has 2 nitrogen and oxygen atoms in total. The summed E-state index contributed by atoms with van der Waals surface area (Å²) in [5, 5.41) is 13.9. The first-order valence-corrected chi connectivity index (χ1v) is 8.59. The highest BCUT2D eigenvalue weighted by Gasteiger charge is 2.23. The van der Waals surface area contributed by atoms with Gasteiger partial charge in [0, 0.05) is 12.1 Å². The van der Waals surface area contributed by atoms with E-state index in [1.807, 2.05) is 0 Å². The highest BCUT2D eigenvalue weighted by Crippen LogP contribution is 2.22. The average Bonchev–Trinajstić information content (AvgIpc) is 2.64. The summed E-state index contributed by atoms with van der Waals surface area (Å²) in [6, 6.07) is 9.51. The zero-order valence-electron chi connectivity index (χ0n) is 13.8. The van der Waals surface area contributed by atoms with Gasteiger partial charge in [-0.2, -0.15) is 0 Å². The molecule has 0 aliphatic heterocycles. The van der Waals surface area contributed by atoms with Gasteiger partial charge in [0.25, 0.3) is 0 Å². The van der Waals surface area contributed by atoms with E-state index in [4.69, 9.17) is 0 Å². The summed E-state index contributed by atoms with van der Waals surface area (Å²) in [6.45, 7) is 6.71. The Balaban J connectivity index is 1.94. The van der Waals surface area contributed by atoms with Crippen LogP contribution < -0.4 is 5.32 Å². The minimum absolute atomic E-state index is 0.185. The van der Waals surface area contributed by atoms with Gasteiger partial charge in [0.05, 0.1) is 6.10 Å². The van der Waals surface area contributed by atoms with Crippen LogP contribution in [0.2, 0.25) is 0 Å². The molecular weight excluding hydrogens is 258 g/mol. The van der Waals surface area contributed by atoms with Crippen molar-refractivity contribution in [3.8, 4) is 0 Å². The summed E-state index contributed by atoms with van der Waals surface area (Å²) >= 11 is 0. The predicted octanol–water partition coefficient (Wildman–Crippen LogP) is 4.23. The van der Waals surface area contributed by atoms with Crippen LogP contribution in [0.1, 0.15) is 70.0 Å². The van der Waals surface area contributed by atoms with Crippen molar-refractivity contribution in [2.75, 3.05) is 0 Å². The molecule has 0 spiro atoms. The summed E-state index contributed by atoms with van der Waals surface area (Å²) in [4.78, 5) is 0. The van der Waals surface area contributed by atoms with Crippen LogP contribution in [0.25, 0.3) is 0 Å².